The minimum absolute atomic E-state index is 0. The van der Waals surface area contributed by atoms with E-state index in [9.17, 15) is 4.79 Å². The molecular formula is C16H26ClN3OS. The Balaban J connectivity index is 0.00000242. The smallest absolute Gasteiger partial charge is 0.241 e. The second-order valence-corrected chi connectivity index (χ2v) is 6.40. The van der Waals surface area contributed by atoms with Gasteiger partial charge in [-0.2, -0.15) is 0 Å². The molecule has 0 saturated carbocycles. The van der Waals surface area contributed by atoms with Crippen molar-refractivity contribution in [3.8, 4) is 0 Å². The molecule has 22 heavy (non-hydrogen) atoms. The number of thioether (sulfide) groups is 1. The molecule has 1 fully saturated rings. The molecule has 0 bridgehead atoms. The number of anilines is 1. The summed E-state index contributed by atoms with van der Waals surface area (Å²) in [6, 6.07) is 8.38. The van der Waals surface area contributed by atoms with E-state index in [2.05, 4.69) is 15.5 Å². The molecule has 1 aliphatic rings. The Bertz CT molecular complexity index is 486. The number of hydrogen-bond donors (Lipinski definition) is 2. The van der Waals surface area contributed by atoms with Crippen LogP contribution in [0.15, 0.2) is 29.2 Å². The fourth-order valence-corrected chi connectivity index (χ4v) is 3.17. The summed E-state index contributed by atoms with van der Waals surface area (Å²) in [5.74, 6) is 0.0741. The first-order valence-corrected chi connectivity index (χ1v) is 8.72. The van der Waals surface area contributed by atoms with Crippen LogP contribution >= 0.6 is 24.2 Å². The lowest BCUT2D eigenvalue weighted by Crippen LogP contribution is -2.51. The number of likely N-dealkylation sites (N-methyl/N-ethyl adjacent to an activating group) is 1. The van der Waals surface area contributed by atoms with Gasteiger partial charge in [0.15, 0.2) is 0 Å². The Hall–Kier alpha value is -0.750. The zero-order valence-corrected chi connectivity index (χ0v) is 15.1. The van der Waals surface area contributed by atoms with Crippen molar-refractivity contribution in [1.82, 2.24) is 10.2 Å². The van der Waals surface area contributed by atoms with Crippen LogP contribution in [0.3, 0.4) is 0 Å². The predicted octanol–water partition coefficient (Wildman–Crippen LogP) is 2.84. The number of likely N-dealkylation sites (tertiary alicyclic amines) is 1. The van der Waals surface area contributed by atoms with E-state index >= 15 is 0 Å². The summed E-state index contributed by atoms with van der Waals surface area (Å²) in [5.41, 5.74) is 0.876. The van der Waals surface area contributed by atoms with E-state index in [1.54, 1.807) is 11.8 Å². The SMILES string of the molecule is CNC1CCCN(C(C)C(=O)Nc2cccc(SC)c2)C1.Cl. The van der Waals surface area contributed by atoms with Crippen LogP contribution in [-0.4, -0.2) is 49.3 Å². The quantitative estimate of drug-likeness (QED) is 0.807. The summed E-state index contributed by atoms with van der Waals surface area (Å²) in [5, 5.41) is 6.35. The number of benzene rings is 1. The van der Waals surface area contributed by atoms with Crippen molar-refractivity contribution in [3.63, 3.8) is 0 Å². The highest BCUT2D eigenvalue weighted by Gasteiger charge is 2.26. The Morgan fingerprint density at radius 1 is 1.45 bits per heavy atom. The fourth-order valence-electron chi connectivity index (χ4n) is 2.71. The third-order valence-electron chi connectivity index (χ3n) is 4.13. The largest absolute Gasteiger partial charge is 0.325 e. The summed E-state index contributed by atoms with van der Waals surface area (Å²) < 4.78 is 0. The highest BCUT2D eigenvalue weighted by atomic mass is 35.5. The molecule has 0 aliphatic carbocycles. The van der Waals surface area contributed by atoms with Gasteiger partial charge in [0.25, 0.3) is 0 Å². The van der Waals surface area contributed by atoms with Crippen LogP contribution < -0.4 is 10.6 Å². The van der Waals surface area contributed by atoms with Crippen LogP contribution in [0.4, 0.5) is 5.69 Å². The van der Waals surface area contributed by atoms with Gasteiger partial charge in [-0.05, 0) is 57.8 Å². The molecule has 124 valence electrons. The molecule has 0 spiro atoms. The normalized spacial score (nSPS) is 20.0. The molecule has 1 saturated heterocycles. The van der Waals surface area contributed by atoms with Gasteiger partial charge in [-0.15, -0.1) is 24.2 Å². The van der Waals surface area contributed by atoms with Crippen LogP contribution in [0.1, 0.15) is 19.8 Å². The van der Waals surface area contributed by atoms with Gasteiger partial charge >= 0.3 is 0 Å². The first-order valence-electron chi connectivity index (χ1n) is 7.50. The highest BCUT2D eigenvalue weighted by Crippen LogP contribution is 2.20. The lowest BCUT2D eigenvalue weighted by molar-refractivity contribution is -0.121. The Morgan fingerprint density at radius 2 is 2.23 bits per heavy atom. The fraction of sp³-hybridized carbons (Fsp3) is 0.562. The van der Waals surface area contributed by atoms with Gasteiger partial charge in [-0.25, -0.2) is 0 Å². The maximum absolute atomic E-state index is 12.4. The number of nitrogens with one attached hydrogen (secondary N) is 2. The molecule has 1 amide bonds. The van der Waals surface area contributed by atoms with E-state index in [0.29, 0.717) is 6.04 Å². The molecular weight excluding hydrogens is 318 g/mol. The average molecular weight is 344 g/mol. The zero-order valence-electron chi connectivity index (χ0n) is 13.5. The topological polar surface area (TPSA) is 44.4 Å². The number of amides is 1. The van der Waals surface area contributed by atoms with Gasteiger partial charge in [0.1, 0.15) is 0 Å². The number of halogens is 1. The van der Waals surface area contributed by atoms with Crippen molar-refractivity contribution in [2.24, 2.45) is 0 Å². The number of rotatable bonds is 5. The van der Waals surface area contributed by atoms with E-state index in [1.807, 2.05) is 44.5 Å². The van der Waals surface area contributed by atoms with E-state index in [4.69, 9.17) is 0 Å². The Labute approximate surface area is 143 Å². The number of carbonyl (C=O) groups excluding carboxylic acids is 1. The van der Waals surface area contributed by atoms with Gasteiger partial charge in [0, 0.05) is 23.2 Å². The molecule has 1 aromatic rings. The molecule has 1 heterocycles. The maximum Gasteiger partial charge on any atom is 0.241 e. The zero-order chi connectivity index (χ0) is 15.2. The maximum atomic E-state index is 12.4. The van der Waals surface area contributed by atoms with Gasteiger partial charge in [-0.3, -0.25) is 9.69 Å². The molecule has 4 nitrogen and oxygen atoms in total. The summed E-state index contributed by atoms with van der Waals surface area (Å²) in [7, 11) is 1.99. The molecule has 2 unspecified atom stereocenters. The van der Waals surface area contributed by atoms with Gasteiger partial charge < -0.3 is 10.6 Å². The van der Waals surface area contributed by atoms with E-state index in [1.165, 1.54) is 6.42 Å². The van der Waals surface area contributed by atoms with Crippen LogP contribution in [0.25, 0.3) is 0 Å². The van der Waals surface area contributed by atoms with Crippen LogP contribution in [0.2, 0.25) is 0 Å². The predicted molar refractivity (Wildman–Crippen MR) is 97.2 cm³/mol. The number of hydrogen-bond acceptors (Lipinski definition) is 4. The molecule has 2 N–H and O–H groups in total. The molecule has 0 aromatic heterocycles. The standard InChI is InChI=1S/C16H25N3OS.ClH/c1-12(19-9-5-7-14(11-19)17-2)16(20)18-13-6-4-8-15(10-13)21-3;/h4,6,8,10,12,14,17H,5,7,9,11H2,1-3H3,(H,18,20);1H. The van der Waals surface area contributed by atoms with Crippen molar-refractivity contribution in [1.29, 1.82) is 0 Å². The molecule has 1 aliphatic heterocycles. The monoisotopic (exact) mass is 343 g/mol. The summed E-state index contributed by atoms with van der Waals surface area (Å²) in [4.78, 5) is 15.8. The highest BCUT2D eigenvalue weighted by molar-refractivity contribution is 7.98. The van der Waals surface area contributed by atoms with Crippen molar-refractivity contribution < 1.29 is 4.79 Å². The summed E-state index contributed by atoms with van der Waals surface area (Å²) in [6.45, 7) is 3.93. The van der Waals surface area contributed by atoms with Crippen molar-refractivity contribution >= 4 is 35.8 Å². The molecule has 2 rings (SSSR count). The molecule has 1 aromatic carbocycles. The number of nitrogens with zero attached hydrogens (tertiary/aromatic N) is 1. The van der Waals surface area contributed by atoms with Crippen molar-refractivity contribution in [3.05, 3.63) is 24.3 Å². The van der Waals surface area contributed by atoms with Gasteiger partial charge in [0.05, 0.1) is 6.04 Å². The van der Waals surface area contributed by atoms with Crippen LogP contribution in [-0.2, 0) is 4.79 Å². The minimum atomic E-state index is -0.0981. The Kier molecular flexibility index (Phi) is 8.25. The molecule has 0 radical (unpaired) electrons. The van der Waals surface area contributed by atoms with E-state index < -0.39 is 0 Å². The first kappa shape index (κ1) is 19.3. The molecule has 6 heteroatoms. The second-order valence-electron chi connectivity index (χ2n) is 5.52. The number of carbonyl (C=O) groups is 1. The summed E-state index contributed by atoms with van der Waals surface area (Å²) in [6.07, 6.45) is 4.37. The van der Waals surface area contributed by atoms with Crippen LogP contribution in [0.5, 0.6) is 0 Å². The van der Waals surface area contributed by atoms with Crippen LogP contribution in [0, 0.1) is 0 Å². The average Bonchev–Trinajstić information content (AvgIpc) is 2.54. The van der Waals surface area contributed by atoms with Crippen molar-refractivity contribution in [2.75, 3.05) is 31.7 Å². The Morgan fingerprint density at radius 3 is 2.91 bits per heavy atom. The van der Waals surface area contributed by atoms with Gasteiger partial charge in [-0.1, -0.05) is 6.07 Å². The lowest BCUT2D eigenvalue weighted by atomic mass is 10.0. The van der Waals surface area contributed by atoms with Gasteiger partial charge in [0.2, 0.25) is 5.91 Å². The first-order chi connectivity index (χ1) is 10.1. The molecule has 2 atom stereocenters. The minimum Gasteiger partial charge on any atom is -0.325 e. The third kappa shape index (κ3) is 5.16. The van der Waals surface area contributed by atoms with Crippen molar-refractivity contribution in [2.45, 2.75) is 36.7 Å². The summed E-state index contributed by atoms with van der Waals surface area (Å²) >= 11 is 1.68. The lowest BCUT2D eigenvalue weighted by Gasteiger charge is -2.35. The third-order valence-corrected chi connectivity index (χ3v) is 4.85. The van der Waals surface area contributed by atoms with E-state index in [-0.39, 0.29) is 24.4 Å². The second kappa shape index (κ2) is 9.40. The number of piperidine rings is 1. The van der Waals surface area contributed by atoms with E-state index in [0.717, 1.165) is 30.1 Å².